The van der Waals surface area contributed by atoms with Gasteiger partial charge in [0.15, 0.2) is 0 Å². The van der Waals surface area contributed by atoms with Gasteiger partial charge in [0.05, 0.1) is 31.4 Å². The van der Waals surface area contributed by atoms with Crippen molar-refractivity contribution >= 4 is 11.4 Å². The topological polar surface area (TPSA) is 85.1 Å². The molecule has 0 bridgehead atoms. The Morgan fingerprint density at radius 2 is 2.42 bits per heavy atom. The van der Waals surface area contributed by atoms with Gasteiger partial charge >= 0.3 is 0 Å². The molecular formula is C12H16N2O5. The number of anilines is 1. The van der Waals surface area contributed by atoms with Gasteiger partial charge in [-0.1, -0.05) is 0 Å². The molecular weight excluding hydrogens is 252 g/mol. The molecule has 19 heavy (non-hydrogen) atoms. The molecule has 1 aromatic carbocycles. The van der Waals surface area contributed by atoms with Gasteiger partial charge in [0, 0.05) is 25.2 Å². The van der Waals surface area contributed by atoms with Crippen LogP contribution in [0.1, 0.15) is 0 Å². The Morgan fingerprint density at radius 3 is 3.05 bits per heavy atom. The van der Waals surface area contributed by atoms with Gasteiger partial charge in [-0.05, 0) is 6.07 Å². The first-order valence-electron chi connectivity index (χ1n) is 5.95. The van der Waals surface area contributed by atoms with Crippen LogP contribution < -0.4 is 9.64 Å². The van der Waals surface area contributed by atoms with Crippen LogP contribution in [-0.4, -0.2) is 49.5 Å². The highest BCUT2D eigenvalue weighted by Crippen LogP contribution is 2.33. The van der Waals surface area contributed by atoms with Crippen LogP contribution in [0, 0.1) is 10.1 Å². The minimum atomic E-state index is -0.418. The van der Waals surface area contributed by atoms with Crippen molar-refractivity contribution in [1.29, 1.82) is 0 Å². The zero-order valence-corrected chi connectivity index (χ0v) is 10.6. The van der Waals surface area contributed by atoms with Crippen LogP contribution in [0.2, 0.25) is 0 Å². The van der Waals surface area contributed by atoms with Crippen LogP contribution >= 0.6 is 0 Å². The van der Waals surface area contributed by atoms with Crippen LogP contribution in [0.15, 0.2) is 18.2 Å². The molecule has 1 heterocycles. The van der Waals surface area contributed by atoms with E-state index in [9.17, 15) is 10.1 Å². The predicted octanol–water partition coefficient (Wildman–Crippen LogP) is 0.801. The SMILES string of the molecule is COc1ccc([N+](=O)[O-])c(N2CCOC(CO)C2)c1. The molecule has 7 heteroatoms. The Hall–Kier alpha value is -1.86. The summed E-state index contributed by atoms with van der Waals surface area (Å²) in [4.78, 5) is 12.5. The number of nitro groups is 1. The fraction of sp³-hybridized carbons (Fsp3) is 0.500. The van der Waals surface area contributed by atoms with Gasteiger partial charge in [-0.3, -0.25) is 10.1 Å². The maximum atomic E-state index is 11.1. The van der Waals surface area contributed by atoms with E-state index in [1.165, 1.54) is 13.2 Å². The van der Waals surface area contributed by atoms with E-state index in [-0.39, 0.29) is 18.4 Å². The average molecular weight is 268 g/mol. The van der Waals surface area contributed by atoms with Crippen LogP contribution in [0.25, 0.3) is 0 Å². The highest BCUT2D eigenvalue weighted by molar-refractivity contribution is 5.66. The zero-order valence-electron chi connectivity index (χ0n) is 10.6. The molecule has 1 fully saturated rings. The van der Waals surface area contributed by atoms with Gasteiger partial charge < -0.3 is 19.5 Å². The summed E-state index contributed by atoms with van der Waals surface area (Å²) in [5.41, 5.74) is 0.519. The number of nitro benzene ring substituents is 1. The third kappa shape index (κ3) is 2.94. The fourth-order valence-electron chi connectivity index (χ4n) is 2.09. The lowest BCUT2D eigenvalue weighted by Crippen LogP contribution is -2.44. The van der Waals surface area contributed by atoms with Crippen molar-refractivity contribution < 1.29 is 19.5 Å². The Kier molecular flexibility index (Phi) is 4.18. The predicted molar refractivity (Wildman–Crippen MR) is 68.7 cm³/mol. The first kappa shape index (κ1) is 13.6. The van der Waals surface area contributed by atoms with Crippen LogP contribution in [0.5, 0.6) is 5.75 Å². The molecule has 104 valence electrons. The normalized spacial score (nSPS) is 19.3. The lowest BCUT2D eigenvalue weighted by Gasteiger charge is -2.33. The molecule has 1 aliphatic rings. The number of ether oxygens (including phenoxy) is 2. The van der Waals surface area contributed by atoms with E-state index in [2.05, 4.69) is 0 Å². The molecule has 1 saturated heterocycles. The molecule has 0 spiro atoms. The quantitative estimate of drug-likeness (QED) is 0.642. The fourth-order valence-corrected chi connectivity index (χ4v) is 2.09. The minimum absolute atomic E-state index is 0.0272. The Morgan fingerprint density at radius 1 is 1.63 bits per heavy atom. The summed E-state index contributed by atoms with van der Waals surface area (Å²) < 4.78 is 10.4. The number of hydrogen-bond donors (Lipinski definition) is 1. The molecule has 1 aliphatic heterocycles. The summed E-state index contributed by atoms with van der Waals surface area (Å²) in [7, 11) is 1.51. The summed E-state index contributed by atoms with van der Waals surface area (Å²) in [6.07, 6.45) is -0.320. The maximum Gasteiger partial charge on any atom is 0.292 e. The highest BCUT2D eigenvalue weighted by Gasteiger charge is 2.26. The van der Waals surface area contributed by atoms with Crippen molar-refractivity contribution in [2.45, 2.75) is 6.10 Å². The smallest absolute Gasteiger partial charge is 0.292 e. The number of hydrogen-bond acceptors (Lipinski definition) is 6. The lowest BCUT2D eigenvalue weighted by molar-refractivity contribution is -0.384. The molecule has 0 aliphatic carbocycles. The number of aliphatic hydroxyl groups is 1. The standard InChI is InChI=1S/C12H16N2O5/c1-18-9-2-3-11(14(16)17)12(6-9)13-4-5-19-10(7-13)8-15/h2-3,6,10,15H,4-5,7-8H2,1H3. The molecule has 0 saturated carbocycles. The second-order valence-electron chi connectivity index (χ2n) is 4.23. The molecule has 2 rings (SSSR count). The number of methoxy groups -OCH3 is 1. The van der Waals surface area contributed by atoms with Gasteiger partial charge in [0.2, 0.25) is 0 Å². The molecule has 0 radical (unpaired) electrons. The maximum absolute atomic E-state index is 11.1. The summed E-state index contributed by atoms with van der Waals surface area (Å²) in [5.74, 6) is 0.563. The zero-order chi connectivity index (χ0) is 13.8. The van der Waals surface area contributed by atoms with Gasteiger partial charge in [-0.15, -0.1) is 0 Å². The number of nitrogens with zero attached hydrogens (tertiary/aromatic N) is 2. The minimum Gasteiger partial charge on any atom is -0.497 e. The van der Waals surface area contributed by atoms with E-state index in [1.807, 2.05) is 4.90 Å². The van der Waals surface area contributed by atoms with Crippen molar-refractivity contribution in [3.05, 3.63) is 28.3 Å². The highest BCUT2D eigenvalue weighted by atomic mass is 16.6. The van der Waals surface area contributed by atoms with Crippen molar-refractivity contribution in [2.75, 3.05) is 38.3 Å². The van der Waals surface area contributed by atoms with Crippen molar-refractivity contribution in [3.63, 3.8) is 0 Å². The van der Waals surface area contributed by atoms with Gasteiger partial charge in [-0.2, -0.15) is 0 Å². The molecule has 1 atom stereocenters. The largest absolute Gasteiger partial charge is 0.497 e. The second kappa shape index (κ2) is 5.85. The van der Waals surface area contributed by atoms with E-state index in [0.29, 0.717) is 31.1 Å². The van der Waals surface area contributed by atoms with Crippen molar-refractivity contribution in [2.24, 2.45) is 0 Å². The Bertz CT molecular complexity index is 465. The van der Waals surface area contributed by atoms with Gasteiger partial charge in [-0.25, -0.2) is 0 Å². The lowest BCUT2D eigenvalue weighted by atomic mass is 10.2. The van der Waals surface area contributed by atoms with Crippen LogP contribution in [0.4, 0.5) is 11.4 Å². The number of aliphatic hydroxyl groups excluding tert-OH is 1. The molecule has 0 aromatic heterocycles. The first-order chi connectivity index (χ1) is 9.15. The Labute approximate surface area is 110 Å². The van der Waals surface area contributed by atoms with E-state index in [4.69, 9.17) is 14.6 Å². The second-order valence-corrected chi connectivity index (χ2v) is 4.23. The van der Waals surface area contributed by atoms with Crippen LogP contribution in [-0.2, 0) is 4.74 Å². The van der Waals surface area contributed by atoms with Crippen LogP contribution in [0.3, 0.4) is 0 Å². The number of rotatable bonds is 4. The van der Waals surface area contributed by atoms with Crippen molar-refractivity contribution in [1.82, 2.24) is 0 Å². The molecule has 1 aromatic rings. The Balaban J connectivity index is 2.32. The summed E-state index contributed by atoms with van der Waals surface area (Å²) >= 11 is 0. The average Bonchev–Trinajstić information content (AvgIpc) is 2.46. The van der Waals surface area contributed by atoms with E-state index in [1.54, 1.807) is 12.1 Å². The third-order valence-electron chi connectivity index (χ3n) is 3.06. The molecule has 7 nitrogen and oxygen atoms in total. The molecule has 1 N–H and O–H groups in total. The monoisotopic (exact) mass is 268 g/mol. The number of morpholine rings is 1. The summed E-state index contributed by atoms with van der Waals surface area (Å²) in [5, 5.41) is 20.2. The third-order valence-corrected chi connectivity index (χ3v) is 3.06. The first-order valence-corrected chi connectivity index (χ1v) is 5.95. The summed E-state index contributed by atoms with van der Waals surface area (Å²) in [6, 6.07) is 4.63. The molecule has 0 amide bonds. The molecule has 1 unspecified atom stereocenters. The van der Waals surface area contributed by atoms with Gasteiger partial charge in [0.1, 0.15) is 11.4 Å². The summed E-state index contributed by atoms with van der Waals surface area (Å²) in [6.45, 7) is 1.29. The van der Waals surface area contributed by atoms with E-state index in [0.717, 1.165) is 0 Å². The van der Waals surface area contributed by atoms with Crippen molar-refractivity contribution in [3.8, 4) is 5.75 Å². The number of benzene rings is 1. The van der Waals surface area contributed by atoms with Gasteiger partial charge in [0.25, 0.3) is 5.69 Å². The van der Waals surface area contributed by atoms with E-state index < -0.39 is 4.92 Å². The van der Waals surface area contributed by atoms with E-state index >= 15 is 0 Å².